The lowest BCUT2D eigenvalue weighted by Crippen LogP contribution is -2.36. The number of benzene rings is 2. The van der Waals surface area contributed by atoms with Gasteiger partial charge in [0.25, 0.3) is 5.91 Å². The molecular formula is C19H20F2N2O3S. The predicted molar refractivity (Wildman–Crippen MR) is 96.6 cm³/mol. The van der Waals surface area contributed by atoms with E-state index in [2.05, 4.69) is 5.32 Å². The molecule has 2 aromatic carbocycles. The van der Waals surface area contributed by atoms with Gasteiger partial charge in [0.2, 0.25) is 10.0 Å². The van der Waals surface area contributed by atoms with Crippen LogP contribution in [-0.2, 0) is 16.6 Å². The van der Waals surface area contributed by atoms with Gasteiger partial charge in [0, 0.05) is 25.7 Å². The molecule has 0 aromatic heterocycles. The topological polar surface area (TPSA) is 66.5 Å². The van der Waals surface area contributed by atoms with Crippen LogP contribution < -0.4 is 5.32 Å². The molecule has 0 aliphatic carbocycles. The van der Waals surface area contributed by atoms with Gasteiger partial charge in [-0.05, 0) is 36.6 Å². The fourth-order valence-electron chi connectivity index (χ4n) is 3.09. The molecule has 1 heterocycles. The van der Waals surface area contributed by atoms with Gasteiger partial charge in [-0.15, -0.1) is 0 Å². The quantitative estimate of drug-likeness (QED) is 0.848. The number of amides is 1. The van der Waals surface area contributed by atoms with Crippen LogP contribution in [0.2, 0.25) is 0 Å². The second kappa shape index (κ2) is 8.14. The van der Waals surface area contributed by atoms with Crippen LogP contribution in [0.4, 0.5) is 8.78 Å². The summed E-state index contributed by atoms with van der Waals surface area (Å²) in [5, 5.41) is 2.51. The molecule has 1 N–H and O–H groups in total. The lowest BCUT2D eigenvalue weighted by Gasteiger charge is -2.26. The maximum absolute atomic E-state index is 13.7. The van der Waals surface area contributed by atoms with E-state index in [1.165, 1.54) is 10.4 Å². The molecule has 27 heavy (non-hydrogen) atoms. The summed E-state index contributed by atoms with van der Waals surface area (Å²) >= 11 is 0. The summed E-state index contributed by atoms with van der Waals surface area (Å²) in [6.07, 6.45) is 2.65. The Labute approximate surface area is 157 Å². The van der Waals surface area contributed by atoms with Gasteiger partial charge in [-0.25, -0.2) is 17.2 Å². The summed E-state index contributed by atoms with van der Waals surface area (Å²) in [6.45, 7) is 0.868. The Morgan fingerprint density at radius 1 is 1.04 bits per heavy atom. The molecule has 8 heteroatoms. The highest BCUT2D eigenvalue weighted by Crippen LogP contribution is 2.23. The zero-order valence-electron chi connectivity index (χ0n) is 14.6. The normalized spacial score (nSPS) is 15.5. The standard InChI is InChI=1S/C19H20F2N2O3S/c20-15-8-9-16(17(21)12-15)19(24)22-13-14-6-2-3-7-18(14)27(25,26)23-10-4-1-5-11-23/h2-3,6-9,12H,1,4-5,10-11,13H2,(H,22,24). The van der Waals surface area contributed by atoms with Gasteiger partial charge in [0.15, 0.2) is 0 Å². The lowest BCUT2D eigenvalue weighted by atomic mass is 10.1. The van der Waals surface area contributed by atoms with Crippen LogP contribution >= 0.6 is 0 Å². The number of halogens is 2. The second-order valence-electron chi connectivity index (χ2n) is 6.38. The Morgan fingerprint density at radius 3 is 2.44 bits per heavy atom. The molecule has 1 aliphatic heterocycles. The van der Waals surface area contributed by atoms with Crippen LogP contribution in [0.15, 0.2) is 47.4 Å². The third-order valence-electron chi connectivity index (χ3n) is 4.52. The van der Waals surface area contributed by atoms with Gasteiger partial charge < -0.3 is 5.32 Å². The van der Waals surface area contributed by atoms with Crippen molar-refractivity contribution in [2.75, 3.05) is 13.1 Å². The molecule has 1 amide bonds. The number of piperidine rings is 1. The first-order valence-electron chi connectivity index (χ1n) is 8.71. The van der Waals surface area contributed by atoms with E-state index < -0.39 is 27.6 Å². The minimum Gasteiger partial charge on any atom is -0.348 e. The number of rotatable bonds is 5. The van der Waals surface area contributed by atoms with E-state index in [-0.39, 0.29) is 17.0 Å². The van der Waals surface area contributed by atoms with Crippen molar-refractivity contribution in [1.29, 1.82) is 0 Å². The van der Waals surface area contributed by atoms with Crippen LogP contribution in [0.25, 0.3) is 0 Å². The maximum atomic E-state index is 13.7. The largest absolute Gasteiger partial charge is 0.348 e. The molecule has 0 saturated carbocycles. The molecule has 1 fully saturated rings. The molecule has 1 saturated heterocycles. The van der Waals surface area contributed by atoms with Crippen LogP contribution in [0, 0.1) is 11.6 Å². The van der Waals surface area contributed by atoms with E-state index in [0.29, 0.717) is 24.7 Å². The van der Waals surface area contributed by atoms with Crippen molar-refractivity contribution in [2.24, 2.45) is 0 Å². The molecule has 144 valence electrons. The highest BCUT2D eigenvalue weighted by molar-refractivity contribution is 7.89. The van der Waals surface area contributed by atoms with Crippen LogP contribution in [0.1, 0.15) is 35.2 Å². The summed E-state index contributed by atoms with van der Waals surface area (Å²) in [4.78, 5) is 12.3. The monoisotopic (exact) mass is 394 g/mol. The van der Waals surface area contributed by atoms with E-state index in [1.54, 1.807) is 18.2 Å². The fraction of sp³-hybridized carbons (Fsp3) is 0.316. The van der Waals surface area contributed by atoms with Crippen molar-refractivity contribution in [1.82, 2.24) is 9.62 Å². The summed E-state index contributed by atoms with van der Waals surface area (Å²) in [6, 6.07) is 9.09. The number of carbonyl (C=O) groups excluding carboxylic acids is 1. The first-order valence-corrected chi connectivity index (χ1v) is 10.1. The van der Waals surface area contributed by atoms with Gasteiger partial charge in [-0.1, -0.05) is 24.6 Å². The van der Waals surface area contributed by atoms with E-state index >= 15 is 0 Å². The Hall–Kier alpha value is -2.32. The van der Waals surface area contributed by atoms with Gasteiger partial charge in [0.1, 0.15) is 11.6 Å². The van der Waals surface area contributed by atoms with Crippen molar-refractivity contribution in [3.8, 4) is 0 Å². The van der Waals surface area contributed by atoms with Crippen LogP contribution in [-0.4, -0.2) is 31.7 Å². The average Bonchev–Trinajstić information content (AvgIpc) is 2.67. The Morgan fingerprint density at radius 2 is 1.74 bits per heavy atom. The number of hydrogen-bond acceptors (Lipinski definition) is 3. The molecule has 0 bridgehead atoms. The summed E-state index contributed by atoms with van der Waals surface area (Å²) in [5.74, 6) is -2.48. The van der Waals surface area contributed by atoms with Gasteiger partial charge in [-0.2, -0.15) is 4.31 Å². The Bertz CT molecular complexity index is 942. The SMILES string of the molecule is O=C(NCc1ccccc1S(=O)(=O)N1CCCCC1)c1ccc(F)cc1F. The fourth-order valence-corrected chi connectivity index (χ4v) is 4.83. The molecule has 0 unspecified atom stereocenters. The van der Waals surface area contributed by atoms with Crippen molar-refractivity contribution < 1.29 is 22.0 Å². The second-order valence-corrected chi connectivity index (χ2v) is 8.29. The zero-order chi connectivity index (χ0) is 19.4. The molecule has 0 spiro atoms. The molecule has 0 radical (unpaired) electrons. The van der Waals surface area contributed by atoms with Crippen LogP contribution in [0.3, 0.4) is 0 Å². The minimum absolute atomic E-state index is 0.0844. The third kappa shape index (κ3) is 4.33. The highest BCUT2D eigenvalue weighted by atomic mass is 32.2. The van der Waals surface area contributed by atoms with Crippen molar-refractivity contribution in [3.63, 3.8) is 0 Å². The number of nitrogens with zero attached hydrogens (tertiary/aromatic N) is 1. The van der Waals surface area contributed by atoms with E-state index in [9.17, 15) is 22.0 Å². The van der Waals surface area contributed by atoms with Crippen molar-refractivity contribution in [3.05, 3.63) is 65.2 Å². The molecule has 3 rings (SSSR count). The lowest BCUT2D eigenvalue weighted by molar-refractivity contribution is 0.0946. The highest BCUT2D eigenvalue weighted by Gasteiger charge is 2.28. The molecule has 1 aliphatic rings. The van der Waals surface area contributed by atoms with E-state index in [1.807, 2.05) is 0 Å². The maximum Gasteiger partial charge on any atom is 0.254 e. The van der Waals surface area contributed by atoms with Crippen LogP contribution in [0.5, 0.6) is 0 Å². The first-order chi connectivity index (χ1) is 12.9. The van der Waals surface area contributed by atoms with Gasteiger partial charge in [0.05, 0.1) is 10.5 Å². The summed E-state index contributed by atoms with van der Waals surface area (Å²) < 4.78 is 54.0. The third-order valence-corrected chi connectivity index (χ3v) is 6.52. The Kier molecular flexibility index (Phi) is 5.86. The number of sulfonamides is 1. The smallest absolute Gasteiger partial charge is 0.254 e. The zero-order valence-corrected chi connectivity index (χ0v) is 15.4. The Balaban J connectivity index is 1.79. The number of hydrogen-bond donors (Lipinski definition) is 1. The molecule has 5 nitrogen and oxygen atoms in total. The van der Waals surface area contributed by atoms with E-state index in [0.717, 1.165) is 31.4 Å². The number of nitrogens with one attached hydrogen (secondary N) is 1. The van der Waals surface area contributed by atoms with E-state index in [4.69, 9.17) is 0 Å². The van der Waals surface area contributed by atoms with Crippen molar-refractivity contribution in [2.45, 2.75) is 30.7 Å². The van der Waals surface area contributed by atoms with Crippen molar-refractivity contribution >= 4 is 15.9 Å². The molecular weight excluding hydrogens is 374 g/mol. The number of carbonyl (C=O) groups is 1. The average molecular weight is 394 g/mol. The molecule has 0 atom stereocenters. The molecule has 2 aromatic rings. The van der Waals surface area contributed by atoms with Gasteiger partial charge >= 0.3 is 0 Å². The predicted octanol–water partition coefficient (Wildman–Crippen LogP) is 3.07. The minimum atomic E-state index is -3.66. The van der Waals surface area contributed by atoms with Gasteiger partial charge in [-0.3, -0.25) is 4.79 Å². The first kappa shape index (κ1) is 19.4. The summed E-state index contributed by atoms with van der Waals surface area (Å²) in [5.41, 5.74) is 0.117. The summed E-state index contributed by atoms with van der Waals surface area (Å²) in [7, 11) is -3.66.